The SMILES string of the molecule is O=C(Nc1ccccc1)Nc1ncnc2c1ncn2[C@@H]1O[C@H](COc2ncccc2C(=O)O)[C@@H](O)[C@H]1O. The van der Waals surface area contributed by atoms with Gasteiger partial charge in [-0.15, -0.1) is 0 Å². The number of anilines is 2. The van der Waals surface area contributed by atoms with E-state index in [1.54, 1.807) is 24.3 Å². The number of hydrogen-bond acceptors (Lipinski definition) is 10. The Labute approximate surface area is 208 Å². The Hall–Kier alpha value is -4.66. The number of fused-ring (bicyclic) bond motifs is 1. The number of benzene rings is 1. The van der Waals surface area contributed by atoms with E-state index in [1.807, 2.05) is 6.07 Å². The molecule has 4 aromatic rings. The number of carboxylic acid groups (broad SMARTS) is 1. The number of para-hydroxylation sites is 1. The van der Waals surface area contributed by atoms with Gasteiger partial charge in [0.2, 0.25) is 5.88 Å². The molecule has 1 fully saturated rings. The van der Waals surface area contributed by atoms with Gasteiger partial charge in [0.1, 0.15) is 36.8 Å². The molecule has 0 radical (unpaired) electrons. The Morgan fingerprint density at radius 3 is 2.59 bits per heavy atom. The minimum atomic E-state index is -1.39. The molecule has 0 bridgehead atoms. The van der Waals surface area contributed by atoms with Gasteiger partial charge in [-0.3, -0.25) is 9.88 Å². The van der Waals surface area contributed by atoms with Gasteiger partial charge in [0.25, 0.3) is 0 Å². The summed E-state index contributed by atoms with van der Waals surface area (Å²) in [6.07, 6.45) is -0.948. The minimum Gasteiger partial charge on any atom is -0.477 e. The van der Waals surface area contributed by atoms with Crippen molar-refractivity contribution in [1.29, 1.82) is 0 Å². The molecule has 0 unspecified atom stereocenters. The molecule has 1 saturated heterocycles. The molecular weight excluding hydrogens is 486 g/mol. The zero-order chi connectivity index (χ0) is 25.9. The van der Waals surface area contributed by atoms with Crippen LogP contribution in [0.4, 0.5) is 16.3 Å². The van der Waals surface area contributed by atoms with E-state index < -0.39 is 36.5 Å². The van der Waals surface area contributed by atoms with Crippen molar-refractivity contribution in [2.45, 2.75) is 24.5 Å². The number of hydrogen-bond donors (Lipinski definition) is 5. The van der Waals surface area contributed by atoms with Crippen LogP contribution in [0.5, 0.6) is 5.88 Å². The van der Waals surface area contributed by atoms with Gasteiger partial charge in [-0.05, 0) is 24.3 Å². The number of aliphatic hydroxyl groups excluding tert-OH is 2. The summed E-state index contributed by atoms with van der Waals surface area (Å²) >= 11 is 0. The topological polar surface area (TPSA) is 194 Å². The van der Waals surface area contributed by atoms with Crippen LogP contribution >= 0.6 is 0 Å². The molecule has 2 amide bonds. The number of aliphatic hydroxyl groups is 2. The monoisotopic (exact) mass is 507 g/mol. The summed E-state index contributed by atoms with van der Waals surface area (Å²) in [5.41, 5.74) is 0.901. The second kappa shape index (κ2) is 10.1. The van der Waals surface area contributed by atoms with Crippen molar-refractivity contribution in [2.75, 3.05) is 17.2 Å². The van der Waals surface area contributed by atoms with Crippen LogP contribution in [0.1, 0.15) is 16.6 Å². The van der Waals surface area contributed by atoms with Crippen LogP contribution in [0.15, 0.2) is 61.3 Å². The number of nitrogens with one attached hydrogen (secondary N) is 2. The van der Waals surface area contributed by atoms with Crippen molar-refractivity contribution < 1.29 is 34.4 Å². The van der Waals surface area contributed by atoms with Crippen LogP contribution in [0.2, 0.25) is 0 Å². The van der Waals surface area contributed by atoms with E-state index in [1.165, 1.54) is 35.6 Å². The normalized spacial score (nSPS) is 21.0. The standard InChI is InChI=1S/C23H21N7O7/c31-16-14(9-36-20-13(22(33)34)7-4-8-24-20)37-21(17(16)32)30-11-27-15-18(25-10-26-19(15)30)29-23(35)28-12-5-2-1-3-6-12/h1-8,10-11,14,16-17,21,31-32H,9H2,(H,33,34)(H2,25,26,28,29,35)/t14-,16-,17-,21-/m1/s1. The number of carbonyl (C=O) groups excluding carboxylic acids is 1. The third-order valence-electron chi connectivity index (χ3n) is 5.62. The van der Waals surface area contributed by atoms with E-state index in [0.717, 1.165) is 0 Å². The maximum atomic E-state index is 12.4. The highest BCUT2D eigenvalue weighted by Gasteiger charge is 2.45. The molecule has 1 aliphatic rings. The van der Waals surface area contributed by atoms with Crippen molar-refractivity contribution >= 4 is 34.7 Å². The predicted molar refractivity (Wildman–Crippen MR) is 127 cm³/mol. The van der Waals surface area contributed by atoms with Gasteiger partial charge in [-0.1, -0.05) is 18.2 Å². The highest BCUT2D eigenvalue weighted by molar-refractivity contribution is 6.02. The van der Waals surface area contributed by atoms with Crippen molar-refractivity contribution in [1.82, 2.24) is 24.5 Å². The first-order chi connectivity index (χ1) is 17.9. The number of amides is 2. The van der Waals surface area contributed by atoms with E-state index in [2.05, 4.69) is 30.6 Å². The van der Waals surface area contributed by atoms with Gasteiger partial charge in [-0.25, -0.2) is 29.5 Å². The summed E-state index contributed by atoms with van der Waals surface area (Å²) in [5.74, 6) is -1.24. The second-order valence-corrected chi connectivity index (χ2v) is 8.01. The number of imidazole rings is 1. The van der Waals surface area contributed by atoms with Crippen LogP contribution in [0.25, 0.3) is 11.2 Å². The molecule has 0 aliphatic carbocycles. The zero-order valence-electron chi connectivity index (χ0n) is 19.0. The zero-order valence-corrected chi connectivity index (χ0v) is 19.0. The van der Waals surface area contributed by atoms with Gasteiger partial charge in [0, 0.05) is 11.9 Å². The molecule has 3 aromatic heterocycles. The maximum Gasteiger partial charge on any atom is 0.341 e. The third-order valence-corrected chi connectivity index (χ3v) is 5.62. The van der Waals surface area contributed by atoms with Crippen LogP contribution in [0.3, 0.4) is 0 Å². The summed E-state index contributed by atoms with van der Waals surface area (Å²) in [4.78, 5) is 40.2. The van der Waals surface area contributed by atoms with E-state index in [4.69, 9.17) is 9.47 Å². The number of ether oxygens (including phenoxy) is 2. The second-order valence-electron chi connectivity index (χ2n) is 8.01. The molecule has 0 spiro atoms. The first-order valence-electron chi connectivity index (χ1n) is 11.1. The number of pyridine rings is 1. The predicted octanol–water partition coefficient (Wildman–Crippen LogP) is 1.26. The lowest BCUT2D eigenvalue weighted by Crippen LogP contribution is -2.34. The smallest absolute Gasteiger partial charge is 0.341 e. The van der Waals surface area contributed by atoms with Crippen molar-refractivity contribution in [3.63, 3.8) is 0 Å². The van der Waals surface area contributed by atoms with Gasteiger partial charge >= 0.3 is 12.0 Å². The molecular formula is C23H21N7O7. The van der Waals surface area contributed by atoms with Crippen LogP contribution in [-0.2, 0) is 4.74 Å². The Balaban J connectivity index is 1.31. The van der Waals surface area contributed by atoms with E-state index >= 15 is 0 Å². The fourth-order valence-electron chi connectivity index (χ4n) is 3.85. The summed E-state index contributed by atoms with van der Waals surface area (Å²) in [6, 6.07) is 11.1. The molecule has 1 aliphatic heterocycles. The average molecular weight is 507 g/mol. The highest BCUT2D eigenvalue weighted by Crippen LogP contribution is 2.32. The summed E-state index contributed by atoms with van der Waals surface area (Å²) in [6.45, 7) is -0.278. The number of rotatable bonds is 7. The van der Waals surface area contributed by atoms with Gasteiger partial charge in [-0.2, -0.15) is 0 Å². The molecule has 1 aromatic carbocycles. The maximum absolute atomic E-state index is 12.4. The number of aromatic carboxylic acids is 1. The van der Waals surface area contributed by atoms with E-state index in [0.29, 0.717) is 5.69 Å². The average Bonchev–Trinajstić information content (AvgIpc) is 3.45. The number of aromatic nitrogens is 5. The largest absolute Gasteiger partial charge is 0.477 e. The van der Waals surface area contributed by atoms with Crippen LogP contribution < -0.4 is 15.4 Å². The Morgan fingerprint density at radius 2 is 1.81 bits per heavy atom. The highest BCUT2D eigenvalue weighted by atomic mass is 16.6. The lowest BCUT2D eigenvalue weighted by atomic mass is 10.1. The molecule has 5 N–H and O–H groups in total. The molecule has 190 valence electrons. The van der Waals surface area contributed by atoms with Crippen molar-refractivity contribution in [2.24, 2.45) is 0 Å². The molecule has 4 atom stereocenters. The fraction of sp³-hybridized carbons (Fsp3) is 0.217. The summed E-state index contributed by atoms with van der Waals surface area (Å²) in [7, 11) is 0. The van der Waals surface area contributed by atoms with Gasteiger partial charge in [0.15, 0.2) is 23.2 Å². The first-order valence-corrected chi connectivity index (χ1v) is 11.1. The fourth-order valence-corrected chi connectivity index (χ4v) is 3.85. The lowest BCUT2D eigenvalue weighted by Gasteiger charge is -2.16. The summed E-state index contributed by atoms with van der Waals surface area (Å²) < 4.78 is 12.7. The Kier molecular flexibility index (Phi) is 6.59. The third kappa shape index (κ3) is 4.88. The molecule has 37 heavy (non-hydrogen) atoms. The molecule has 4 heterocycles. The minimum absolute atomic E-state index is 0.126. The molecule has 14 nitrogen and oxygen atoms in total. The number of urea groups is 1. The van der Waals surface area contributed by atoms with Crippen LogP contribution in [-0.4, -0.2) is 76.7 Å². The van der Waals surface area contributed by atoms with Crippen LogP contribution in [0, 0.1) is 0 Å². The van der Waals surface area contributed by atoms with Crippen molar-refractivity contribution in [3.8, 4) is 5.88 Å². The summed E-state index contributed by atoms with van der Waals surface area (Å²) in [5, 5.41) is 35.8. The number of carboxylic acids is 1. The molecule has 14 heteroatoms. The van der Waals surface area contributed by atoms with Gasteiger partial charge < -0.3 is 30.1 Å². The first kappa shape index (κ1) is 24.1. The van der Waals surface area contributed by atoms with E-state index in [-0.39, 0.29) is 35.0 Å². The lowest BCUT2D eigenvalue weighted by molar-refractivity contribution is -0.0480. The Morgan fingerprint density at radius 1 is 1.00 bits per heavy atom. The quantitative estimate of drug-likeness (QED) is 0.242. The molecule has 5 rings (SSSR count). The Bertz CT molecular complexity index is 1430. The number of nitrogens with zero attached hydrogens (tertiary/aromatic N) is 5. The van der Waals surface area contributed by atoms with Gasteiger partial charge in [0.05, 0.1) is 6.33 Å². The van der Waals surface area contributed by atoms with Crippen molar-refractivity contribution in [3.05, 3.63) is 66.9 Å². The van der Waals surface area contributed by atoms with E-state index in [9.17, 15) is 24.9 Å². The molecule has 0 saturated carbocycles. The number of carbonyl (C=O) groups is 2.